The third-order valence-electron chi connectivity index (χ3n) is 2.61. The van der Waals surface area contributed by atoms with Crippen LogP contribution in [0.4, 0.5) is 0 Å². The molecule has 0 aliphatic rings. The van der Waals surface area contributed by atoms with Crippen molar-refractivity contribution in [1.82, 2.24) is 0 Å². The molecular formula is C16H23NO3S2. The number of hydrogen-bond acceptors (Lipinski definition) is 4. The van der Waals surface area contributed by atoms with Crippen LogP contribution in [0.15, 0.2) is 33.6 Å². The van der Waals surface area contributed by atoms with Crippen LogP contribution in [0, 0.1) is 0 Å². The number of carbonyl (C=O) groups is 1. The number of carbonyl (C=O) groups excluding carboxylic acids is 1. The summed E-state index contributed by atoms with van der Waals surface area (Å²) in [7, 11) is -1.52. The Balaban J connectivity index is 3.18. The Bertz CT molecular complexity index is 560. The highest BCUT2D eigenvalue weighted by Gasteiger charge is 2.23. The predicted molar refractivity (Wildman–Crippen MR) is 93.9 cm³/mol. The molecule has 0 amide bonds. The highest BCUT2D eigenvalue weighted by atomic mass is 32.2. The quantitative estimate of drug-likeness (QED) is 0.450. The smallest absolute Gasteiger partial charge is 0.358 e. The molecule has 1 atom stereocenters. The molecule has 22 heavy (non-hydrogen) atoms. The third-order valence-corrected chi connectivity index (χ3v) is 4.90. The molecule has 0 aliphatic carbocycles. The Kier molecular flexibility index (Phi) is 7.29. The molecule has 6 heteroatoms. The first-order valence-electron chi connectivity index (χ1n) is 7.20. The summed E-state index contributed by atoms with van der Waals surface area (Å²) in [5.41, 5.74) is 0.736. The first-order valence-corrected chi connectivity index (χ1v) is 9.29. The summed E-state index contributed by atoms with van der Waals surface area (Å²) in [5, 5.41) is 0. The van der Waals surface area contributed by atoms with Crippen molar-refractivity contribution in [2.24, 2.45) is 4.40 Å². The number of hydrogen-bond donors (Lipinski definition) is 0. The molecule has 4 nitrogen and oxygen atoms in total. The first kappa shape index (κ1) is 18.9. The Morgan fingerprint density at radius 3 is 2.27 bits per heavy atom. The monoisotopic (exact) mass is 341 g/mol. The normalized spacial score (nSPS) is 13.8. The highest BCUT2D eigenvalue weighted by molar-refractivity contribution is 7.99. The summed E-state index contributed by atoms with van der Waals surface area (Å²) in [6.45, 7) is 9.51. The zero-order valence-electron chi connectivity index (χ0n) is 13.7. The van der Waals surface area contributed by atoms with E-state index >= 15 is 0 Å². The summed E-state index contributed by atoms with van der Waals surface area (Å²) in [5.74, 6) is 0.433. The van der Waals surface area contributed by atoms with Gasteiger partial charge in [-0.1, -0.05) is 19.1 Å². The second kappa shape index (κ2) is 8.48. The van der Waals surface area contributed by atoms with Crippen LogP contribution in [-0.2, 0) is 20.5 Å². The molecule has 0 aromatic heterocycles. The number of nitrogens with zero attached hydrogens (tertiary/aromatic N) is 1. The van der Waals surface area contributed by atoms with Gasteiger partial charge in [0.2, 0.25) is 0 Å². The van der Waals surface area contributed by atoms with Gasteiger partial charge in [-0.25, -0.2) is 9.00 Å². The maximum Gasteiger partial charge on any atom is 0.358 e. The largest absolute Gasteiger partial charge is 0.461 e. The molecule has 0 unspecified atom stereocenters. The molecule has 0 radical (unpaired) electrons. The molecule has 1 aromatic rings. The van der Waals surface area contributed by atoms with E-state index in [2.05, 4.69) is 11.3 Å². The highest BCUT2D eigenvalue weighted by Crippen LogP contribution is 2.19. The van der Waals surface area contributed by atoms with Gasteiger partial charge < -0.3 is 4.74 Å². The molecule has 0 heterocycles. The summed E-state index contributed by atoms with van der Waals surface area (Å²) in [4.78, 5) is 13.2. The van der Waals surface area contributed by atoms with Crippen LogP contribution >= 0.6 is 11.8 Å². The SMILES string of the molecule is CCOC(=O)/C(=N/[S@](=O)C(C)(C)C)c1ccc(SCC)cc1. The fourth-order valence-corrected chi connectivity index (χ4v) is 2.78. The molecule has 0 saturated carbocycles. The molecule has 1 aromatic carbocycles. The number of rotatable bonds is 6. The van der Waals surface area contributed by atoms with E-state index in [1.54, 1.807) is 18.7 Å². The van der Waals surface area contributed by atoms with Crippen molar-refractivity contribution >= 4 is 34.4 Å². The molecule has 0 N–H and O–H groups in total. The zero-order valence-corrected chi connectivity index (χ0v) is 15.3. The van der Waals surface area contributed by atoms with E-state index in [0.717, 1.165) is 10.6 Å². The molecule has 1 rings (SSSR count). The van der Waals surface area contributed by atoms with Crippen molar-refractivity contribution in [1.29, 1.82) is 0 Å². The van der Waals surface area contributed by atoms with Crippen LogP contribution in [-0.4, -0.2) is 33.0 Å². The van der Waals surface area contributed by atoms with Gasteiger partial charge in [0.05, 0.1) is 11.4 Å². The number of ether oxygens (including phenoxy) is 1. The lowest BCUT2D eigenvalue weighted by Crippen LogP contribution is -2.25. The van der Waals surface area contributed by atoms with E-state index in [0.29, 0.717) is 5.56 Å². The van der Waals surface area contributed by atoms with E-state index < -0.39 is 21.7 Å². The van der Waals surface area contributed by atoms with E-state index in [1.165, 1.54) is 0 Å². The van der Waals surface area contributed by atoms with Crippen molar-refractivity contribution in [2.45, 2.75) is 44.3 Å². The van der Waals surface area contributed by atoms with Crippen LogP contribution in [0.5, 0.6) is 0 Å². The lowest BCUT2D eigenvalue weighted by Gasteiger charge is -2.15. The standard InChI is InChI=1S/C16H23NO3S2/c1-6-20-15(18)14(17-22(19)16(3,4)5)12-8-10-13(11-9-12)21-7-2/h8-11H,6-7H2,1-5H3/b17-14+/t22-/m1/s1. The van der Waals surface area contributed by atoms with Crippen molar-refractivity contribution < 1.29 is 13.7 Å². The number of esters is 1. The average molecular weight is 341 g/mol. The Labute approximate surface area is 139 Å². The van der Waals surface area contributed by atoms with Crippen LogP contribution < -0.4 is 0 Å². The summed E-state index contributed by atoms with van der Waals surface area (Å²) >= 11 is 1.72. The minimum absolute atomic E-state index is 0.114. The third kappa shape index (κ3) is 5.57. The van der Waals surface area contributed by atoms with E-state index in [-0.39, 0.29) is 12.3 Å². The van der Waals surface area contributed by atoms with E-state index in [1.807, 2.05) is 45.0 Å². The van der Waals surface area contributed by atoms with Crippen molar-refractivity contribution in [3.63, 3.8) is 0 Å². The maximum absolute atomic E-state index is 12.2. The van der Waals surface area contributed by atoms with Gasteiger partial charge in [0.1, 0.15) is 11.0 Å². The molecule has 0 bridgehead atoms. The first-order chi connectivity index (χ1) is 10.3. The minimum Gasteiger partial charge on any atom is -0.461 e. The second-order valence-corrected chi connectivity index (χ2v) is 8.72. The molecule has 122 valence electrons. The van der Waals surface area contributed by atoms with Crippen LogP contribution in [0.25, 0.3) is 0 Å². The molecular weight excluding hydrogens is 318 g/mol. The summed E-state index contributed by atoms with van der Waals surface area (Å²) < 4.78 is 20.9. The van der Waals surface area contributed by atoms with Gasteiger partial charge in [-0.05, 0) is 45.6 Å². The molecule has 0 aliphatic heterocycles. The topological polar surface area (TPSA) is 55.7 Å². The van der Waals surface area contributed by atoms with Gasteiger partial charge in [0, 0.05) is 10.5 Å². The van der Waals surface area contributed by atoms with Crippen molar-refractivity contribution in [2.75, 3.05) is 12.4 Å². The number of benzene rings is 1. The van der Waals surface area contributed by atoms with Crippen LogP contribution in [0.3, 0.4) is 0 Å². The summed E-state index contributed by atoms with van der Waals surface area (Å²) in [6.07, 6.45) is 0. The fraction of sp³-hybridized carbons (Fsp3) is 0.500. The maximum atomic E-state index is 12.2. The van der Waals surface area contributed by atoms with Crippen LogP contribution in [0.2, 0.25) is 0 Å². The number of thioether (sulfide) groups is 1. The van der Waals surface area contributed by atoms with Gasteiger partial charge in [-0.3, -0.25) is 0 Å². The van der Waals surface area contributed by atoms with Gasteiger partial charge in [-0.15, -0.1) is 11.8 Å². The Morgan fingerprint density at radius 2 is 1.82 bits per heavy atom. The summed E-state index contributed by atoms with van der Waals surface area (Å²) in [6, 6.07) is 7.48. The lowest BCUT2D eigenvalue weighted by atomic mass is 10.1. The van der Waals surface area contributed by atoms with Crippen molar-refractivity contribution in [3.05, 3.63) is 29.8 Å². The minimum atomic E-state index is -1.52. The van der Waals surface area contributed by atoms with E-state index in [4.69, 9.17) is 4.74 Å². The molecule has 0 spiro atoms. The molecule has 0 saturated heterocycles. The predicted octanol–water partition coefficient (Wildman–Crippen LogP) is 3.61. The van der Waals surface area contributed by atoms with E-state index in [9.17, 15) is 9.00 Å². The zero-order chi connectivity index (χ0) is 16.8. The van der Waals surface area contributed by atoms with Gasteiger partial charge in [0.15, 0.2) is 5.71 Å². The van der Waals surface area contributed by atoms with Crippen LogP contribution in [0.1, 0.15) is 40.2 Å². The van der Waals surface area contributed by atoms with Gasteiger partial charge in [-0.2, -0.15) is 4.40 Å². The molecule has 0 fully saturated rings. The Hall–Kier alpha value is -1.14. The van der Waals surface area contributed by atoms with Crippen molar-refractivity contribution in [3.8, 4) is 0 Å². The van der Waals surface area contributed by atoms with Gasteiger partial charge in [0.25, 0.3) is 0 Å². The Morgan fingerprint density at radius 1 is 1.23 bits per heavy atom. The second-order valence-electron chi connectivity index (χ2n) is 5.48. The fourth-order valence-electron chi connectivity index (χ4n) is 1.50. The van der Waals surface area contributed by atoms with Gasteiger partial charge >= 0.3 is 5.97 Å². The average Bonchev–Trinajstić information content (AvgIpc) is 2.45. The lowest BCUT2D eigenvalue weighted by molar-refractivity contribution is -0.134.